The Morgan fingerprint density at radius 2 is 1.89 bits per heavy atom. The van der Waals surface area contributed by atoms with Crippen LogP contribution in [0.1, 0.15) is 12.0 Å². The van der Waals surface area contributed by atoms with Gasteiger partial charge < -0.3 is 5.11 Å². The Morgan fingerprint density at radius 1 is 1.26 bits per heavy atom. The predicted molar refractivity (Wildman–Crippen MR) is 77.3 cm³/mol. The lowest BCUT2D eigenvalue weighted by molar-refractivity contribution is -0.138. The highest BCUT2D eigenvalue weighted by atomic mass is 35.5. The summed E-state index contributed by atoms with van der Waals surface area (Å²) in [4.78, 5) is 21.2. The second kappa shape index (κ2) is 5.23. The van der Waals surface area contributed by atoms with Crippen molar-refractivity contribution in [2.45, 2.75) is 11.3 Å². The average Bonchev–Trinajstić information content (AvgIpc) is 2.39. The minimum absolute atomic E-state index is 0.0477. The second-order valence-corrected chi connectivity index (χ2v) is 5.32. The average molecular weight is 295 g/mol. The van der Waals surface area contributed by atoms with Crippen molar-refractivity contribution >= 4 is 40.9 Å². The van der Waals surface area contributed by atoms with Crippen LogP contribution in [-0.4, -0.2) is 21.1 Å². The molecule has 3 nitrogen and oxygen atoms in total. The fourth-order valence-corrected chi connectivity index (χ4v) is 2.38. The van der Waals surface area contributed by atoms with Gasteiger partial charge >= 0.3 is 5.97 Å². The lowest BCUT2D eigenvalue weighted by atomic mass is 9.85. The van der Waals surface area contributed by atoms with E-state index in [1.165, 1.54) is 12.2 Å². The number of carbonyl (C=O) groups excluding carboxylic acids is 1. The number of halogens is 1. The van der Waals surface area contributed by atoms with Crippen LogP contribution in [0.4, 0.5) is 0 Å². The first-order valence-corrected chi connectivity index (χ1v) is 6.40. The Kier molecular flexibility index (Phi) is 3.83. The molecule has 0 aliphatic heterocycles. The quantitative estimate of drug-likeness (QED) is 0.666. The molecule has 0 aromatic heterocycles. The summed E-state index contributed by atoms with van der Waals surface area (Å²) in [6.07, 6.45) is 2.81. The van der Waals surface area contributed by atoms with Crippen LogP contribution >= 0.6 is 24.2 Å². The number of hydrogen-bond acceptors (Lipinski definition) is 2. The summed E-state index contributed by atoms with van der Waals surface area (Å²) >= 11 is 9.89. The van der Waals surface area contributed by atoms with Crippen molar-refractivity contribution in [3.63, 3.8) is 0 Å². The normalized spacial score (nSPS) is 22.4. The standard InChI is InChI=1S/C14H11ClO3S/c15-14(13(17)18)7-6-10(12(16)19)11(8-14)9-4-2-1-3-5-9/h1-7H,8H2,(H,16,19)(H,17,18). The van der Waals surface area contributed by atoms with Gasteiger partial charge in [0.05, 0.1) is 0 Å². The summed E-state index contributed by atoms with van der Waals surface area (Å²) in [5.74, 6) is -1.13. The van der Waals surface area contributed by atoms with Gasteiger partial charge in [0.15, 0.2) is 4.87 Å². The number of benzene rings is 1. The van der Waals surface area contributed by atoms with Crippen LogP contribution in [0.15, 0.2) is 48.1 Å². The maximum absolute atomic E-state index is 11.5. The smallest absolute Gasteiger partial charge is 0.329 e. The number of carboxylic acid groups (broad SMARTS) is 1. The van der Waals surface area contributed by atoms with E-state index in [1.807, 2.05) is 30.3 Å². The SMILES string of the molecule is O=C(S)C1=C(c2ccccc2)CC(Cl)(C(=O)O)C=C1. The lowest BCUT2D eigenvalue weighted by Gasteiger charge is -2.25. The van der Waals surface area contributed by atoms with Gasteiger partial charge in [-0.2, -0.15) is 0 Å². The minimum atomic E-state index is -1.52. The van der Waals surface area contributed by atoms with Gasteiger partial charge in [0.1, 0.15) is 0 Å². The number of aliphatic carboxylic acids is 1. The maximum Gasteiger partial charge on any atom is 0.329 e. The Bertz CT molecular complexity index is 592. The summed E-state index contributed by atoms with van der Waals surface area (Å²) < 4.78 is 0. The van der Waals surface area contributed by atoms with Crippen LogP contribution in [0.3, 0.4) is 0 Å². The first-order valence-electron chi connectivity index (χ1n) is 5.57. The number of allylic oxidation sites excluding steroid dienone is 2. The molecule has 0 heterocycles. The van der Waals surface area contributed by atoms with Gasteiger partial charge in [0.25, 0.3) is 0 Å². The summed E-state index contributed by atoms with van der Waals surface area (Å²) in [7, 11) is 0. The molecule has 0 radical (unpaired) electrons. The van der Waals surface area contributed by atoms with E-state index in [0.717, 1.165) is 5.56 Å². The molecular formula is C14H11ClO3S. The van der Waals surface area contributed by atoms with Gasteiger partial charge in [-0.1, -0.05) is 42.5 Å². The van der Waals surface area contributed by atoms with Gasteiger partial charge in [0, 0.05) is 12.0 Å². The monoisotopic (exact) mass is 294 g/mol. The van der Waals surface area contributed by atoms with Crippen molar-refractivity contribution in [3.8, 4) is 0 Å². The second-order valence-electron chi connectivity index (χ2n) is 4.24. The molecule has 0 bridgehead atoms. The molecule has 1 aliphatic rings. The molecule has 98 valence electrons. The lowest BCUT2D eigenvalue weighted by Crippen LogP contribution is -2.32. The van der Waals surface area contributed by atoms with Crippen LogP contribution in [0.25, 0.3) is 5.57 Å². The van der Waals surface area contributed by atoms with Gasteiger partial charge in [-0.05, 0) is 11.1 Å². The molecule has 5 heteroatoms. The largest absolute Gasteiger partial charge is 0.480 e. The van der Waals surface area contributed by atoms with Crippen LogP contribution in [-0.2, 0) is 9.59 Å². The van der Waals surface area contributed by atoms with Crippen molar-refractivity contribution in [2.24, 2.45) is 0 Å². The number of carbonyl (C=O) groups is 2. The van der Waals surface area contributed by atoms with Crippen molar-refractivity contribution in [1.82, 2.24) is 0 Å². The molecule has 0 saturated carbocycles. The fraction of sp³-hybridized carbons (Fsp3) is 0.143. The van der Waals surface area contributed by atoms with Crippen LogP contribution in [0.2, 0.25) is 0 Å². The van der Waals surface area contributed by atoms with Crippen molar-refractivity contribution in [1.29, 1.82) is 0 Å². The predicted octanol–water partition coefficient (Wildman–Crippen LogP) is 2.92. The molecule has 0 spiro atoms. The number of hydrogen-bond donors (Lipinski definition) is 2. The van der Waals surface area contributed by atoms with Crippen LogP contribution in [0, 0.1) is 0 Å². The molecule has 19 heavy (non-hydrogen) atoms. The van der Waals surface area contributed by atoms with Gasteiger partial charge in [0.2, 0.25) is 5.12 Å². The molecule has 0 saturated heterocycles. The molecular weight excluding hydrogens is 284 g/mol. The van der Waals surface area contributed by atoms with Crippen LogP contribution in [0.5, 0.6) is 0 Å². The minimum Gasteiger partial charge on any atom is -0.480 e. The zero-order valence-corrected chi connectivity index (χ0v) is 11.5. The van der Waals surface area contributed by atoms with E-state index in [0.29, 0.717) is 11.1 Å². The molecule has 1 aliphatic carbocycles. The summed E-state index contributed by atoms with van der Waals surface area (Å²) in [6.45, 7) is 0. The van der Waals surface area contributed by atoms with E-state index in [9.17, 15) is 14.7 Å². The number of alkyl halides is 1. The number of carboxylic acids is 1. The third-order valence-electron chi connectivity index (χ3n) is 2.98. The van der Waals surface area contributed by atoms with E-state index >= 15 is 0 Å². The molecule has 1 aromatic carbocycles. The number of rotatable bonds is 3. The van der Waals surface area contributed by atoms with E-state index in [2.05, 4.69) is 12.6 Å². The number of thiol groups is 1. The Labute approximate surface area is 121 Å². The highest BCUT2D eigenvalue weighted by Crippen LogP contribution is 2.38. The van der Waals surface area contributed by atoms with Gasteiger partial charge in [-0.3, -0.25) is 4.79 Å². The molecule has 1 unspecified atom stereocenters. The zero-order chi connectivity index (χ0) is 14.0. The first-order chi connectivity index (χ1) is 8.94. The van der Waals surface area contributed by atoms with E-state index < -0.39 is 16.0 Å². The molecule has 1 N–H and O–H groups in total. The molecule has 0 fully saturated rings. The first kappa shape index (κ1) is 13.9. The van der Waals surface area contributed by atoms with E-state index in [-0.39, 0.29) is 6.42 Å². The third kappa shape index (κ3) is 2.74. The van der Waals surface area contributed by atoms with E-state index in [4.69, 9.17) is 11.6 Å². The Hall–Kier alpha value is -1.52. The van der Waals surface area contributed by atoms with Gasteiger partial charge in [-0.15, -0.1) is 24.2 Å². The third-order valence-corrected chi connectivity index (χ3v) is 3.64. The van der Waals surface area contributed by atoms with Crippen molar-refractivity contribution in [3.05, 3.63) is 53.6 Å². The van der Waals surface area contributed by atoms with Crippen molar-refractivity contribution < 1.29 is 14.7 Å². The van der Waals surface area contributed by atoms with Crippen LogP contribution < -0.4 is 0 Å². The van der Waals surface area contributed by atoms with Crippen molar-refractivity contribution in [2.75, 3.05) is 0 Å². The Morgan fingerprint density at radius 3 is 2.42 bits per heavy atom. The molecule has 1 aromatic rings. The fourth-order valence-electron chi connectivity index (χ4n) is 1.97. The summed E-state index contributed by atoms with van der Waals surface area (Å²) in [5, 5.41) is 8.77. The Balaban J connectivity index is 2.54. The molecule has 0 amide bonds. The maximum atomic E-state index is 11.5. The molecule has 2 rings (SSSR count). The summed E-state index contributed by atoms with van der Waals surface area (Å²) in [6, 6.07) is 9.10. The highest BCUT2D eigenvalue weighted by molar-refractivity contribution is 7.97. The molecule has 1 atom stereocenters. The topological polar surface area (TPSA) is 54.4 Å². The summed E-state index contributed by atoms with van der Waals surface area (Å²) in [5.41, 5.74) is 1.75. The van der Waals surface area contributed by atoms with E-state index in [1.54, 1.807) is 0 Å². The zero-order valence-electron chi connectivity index (χ0n) is 9.84. The highest BCUT2D eigenvalue weighted by Gasteiger charge is 2.38. The van der Waals surface area contributed by atoms with Gasteiger partial charge in [-0.25, -0.2) is 4.79 Å².